The minimum absolute atomic E-state index is 0.627. The number of anilines is 3. The van der Waals surface area contributed by atoms with Crippen molar-refractivity contribution in [1.82, 2.24) is 4.98 Å². The second-order valence-electron chi connectivity index (χ2n) is 11.6. The second kappa shape index (κ2) is 10.0. The Bertz CT molecular complexity index is 2660. The quantitative estimate of drug-likeness (QED) is 0.195. The van der Waals surface area contributed by atoms with E-state index >= 15 is 0 Å². The normalized spacial score (nSPS) is 11.9. The monoisotopic (exact) mass is 624 g/mol. The van der Waals surface area contributed by atoms with Crippen LogP contribution in [0.2, 0.25) is 0 Å². The zero-order valence-electron chi connectivity index (χ0n) is 24.5. The molecule has 0 radical (unpaired) electrons. The van der Waals surface area contributed by atoms with Crippen LogP contribution in [0.5, 0.6) is 0 Å². The van der Waals surface area contributed by atoms with Gasteiger partial charge in [0.1, 0.15) is 5.52 Å². The van der Waals surface area contributed by atoms with Crippen molar-refractivity contribution in [1.29, 1.82) is 0 Å². The van der Waals surface area contributed by atoms with Crippen molar-refractivity contribution >= 4 is 102 Å². The molecule has 0 aliphatic rings. The average molecular weight is 625 g/mol. The van der Waals surface area contributed by atoms with Gasteiger partial charge in [-0.05, 0) is 66.7 Å². The number of aromatic nitrogens is 1. The summed E-state index contributed by atoms with van der Waals surface area (Å²) in [6.45, 7) is 0. The largest absolute Gasteiger partial charge is 0.435 e. The van der Waals surface area contributed by atoms with Gasteiger partial charge in [-0.2, -0.15) is 0 Å². The summed E-state index contributed by atoms with van der Waals surface area (Å²) in [6, 6.07) is 52.0. The van der Waals surface area contributed by atoms with Gasteiger partial charge in [0.05, 0.1) is 5.69 Å². The molecule has 0 saturated heterocycles. The second-order valence-corrected chi connectivity index (χ2v) is 13.7. The minimum atomic E-state index is 0.627. The molecule has 0 saturated carbocycles. The van der Waals surface area contributed by atoms with Gasteiger partial charge in [-0.1, -0.05) is 78.9 Å². The molecule has 0 bridgehead atoms. The third-order valence-corrected chi connectivity index (χ3v) is 11.2. The van der Waals surface area contributed by atoms with Crippen molar-refractivity contribution < 1.29 is 4.42 Å². The van der Waals surface area contributed by atoms with E-state index in [1.165, 1.54) is 40.3 Å². The van der Waals surface area contributed by atoms with Crippen LogP contribution in [0.1, 0.15) is 0 Å². The molecular weight excluding hydrogens is 601 g/mol. The van der Waals surface area contributed by atoms with Crippen molar-refractivity contribution in [2.45, 2.75) is 0 Å². The maximum Gasteiger partial charge on any atom is 0.227 e. The summed E-state index contributed by atoms with van der Waals surface area (Å²) >= 11 is 3.69. The molecule has 0 spiro atoms. The predicted octanol–water partition coefficient (Wildman–Crippen LogP) is 12.9. The Hall–Kier alpha value is -5.49. The van der Waals surface area contributed by atoms with E-state index < -0.39 is 0 Å². The molecule has 0 aliphatic heterocycles. The van der Waals surface area contributed by atoms with Crippen molar-refractivity contribution in [2.24, 2.45) is 0 Å². The summed E-state index contributed by atoms with van der Waals surface area (Å²) in [5, 5.41) is 7.25. The highest BCUT2D eigenvalue weighted by molar-refractivity contribution is 7.26. The van der Waals surface area contributed by atoms with Crippen LogP contribution in [-0.2, 0) is 0 Å². The molecular formula is C41H24N2OS2. The third-order valence-electron chi connectivity index (χ3n) is 8.87. The average Bonchev–Trinajstić information content (AvgIpc) is 3.82. The summed E-state index contributed by atoms with van der Waals surface area (Å²) in [7, 11) is 0. The standard InChI is InChI=1S/C41H24N2OS2/c1-2-10-25(11-3-1)41-42-34-24-35(28-12-4-5-15-31(28)40(34)44-41)43(26-18-20-38-32(22-26)29-13-6-8-16-36(29)45-38)27-19-21-39-33(23-27)30-14-7-9-17-37(30)46-39/h1-24H. The van der Waals surface area contributed by atoms with E-state index in [9.17, 15) is 0 Å². The first-order valence-electron chi connectivity index (χ1n) is 15.3. The molecule has 3 aromatic heterocycles. The first-order valence-corrected chi connectivity index (χ1v) is 16.9. The molecule has 0 fully saturated rings. The number of hydrogen-bond acceptors (Lipinski definition) is 5. The molecule has 3 heterocycles. The predicted molar refractivity (Wildman–Crippen MR) is 197 cm³/mol. The van der Waals surface area contributed by atoms with E-state index in [0.29, 0.717) is 5.89 Å². The molecule has 46 heavy (non-hydrogen) atoms. The van der Waals surface area contributed by atoms with E-state index in [-0.39, 0.29) is 0 Å². The fourth-order valence-electron chi connectivity index (χ4n) is 6.76. The Kier molecular flexibility index (Phi) is 5.61. The molecule has 0 N–H and O–H groups in total. The van der Waals surface area contributed by atoms with Crippen LogP contribution < -0.4 is 4.90 Å². The van der Waals surface area contributed by atoms with Crippen molar-refractivity contribution in [2.75, 3.05) is 4.90 Å². The number of nitrogens with zero attached hydrogens (tertiary/aromatic N) is 2. The molecule has 10 rings (SSSR count). The Balaban J connectivity index is 1.28. The fraction of sp³-hybridized carbons (Fsp3) is 0. The van der Waals surface area contributed by atoms with E-state index in [4.69, 9.17) is 9.40 Å². The minimum Gasteiger partial charge on any atom is -0.435 e. The van der Waals surface area contributed by atoms with Crippen LogP contribution in [0.15, 0.2) is 150 Å². The molecule has 5 heteroatoms. The van der Waals surface area contributed by atoms with E-state index in [0.717, 1.165) is 44.5 Å². The van der Waals surface area contributed by atoms with Gasteiger partial charge in [0.2, 0.25) is 5.89 Å². The molecule has 7 aromatic carbocycles. The van der Waals surface area contributed by atoms with Gasteiger partial charge in [0.15, 0.2) is 5.58 Å². The molecule has 0 aliphatic carbocycles. The number of benzene rings is 7. The SMILES string of the molecule is c1ccc(-c2nc3cc(N(c4ccc5sc6ccccc6c5c4)c4ccc5sc6ccccc6c5c4)c4ccccc4c3o2)cc1. The first kappa shape index (κ1) is 25.8. The number of fused-ring (bicyclic) bond motifs is 9. The van der Waals surface area contributed by atoms with Gasteiger partial charge in [0, 0.05) is 68.1 Å². The highest BCUT2D eigenvalue weighted by atomic mass is 32.1. The smallest absolute Gasteiger partial charge is 0.227 e. The summed E-state index contributed by atoms with van der Waals surface area (Å²) < 4.78 is 11.7. The van der Waals surface area contributed by atoms with Gasteiger partial charge in [0.25, 0.3) is 0 Å². The molecule has 0 amide bonds. The van der Waals surface area contributed by atoms with Crippen LogP contribution in [0.3, 0.4) is 0 Å². The molecule has 0 atom stereocenters. The first-order chi connectivity index (χ1) is 22.8. The Morgan fingerprint density at radius 3 is 1.61 bits per heavy atom. The third kappa shape index (κ3) is 3.92. The zero-order valence-corrected chi connectivity index (χ0v) is 26.1. The van der Waals surface area contributed by atoms with Gasteiger partial charge < -0.3 is 9.32 Å². The van der Waals surface area contributed by atoms with Crippen LogP contribution >= 0.6 is 22.7 Å². The fourth-order valence-corrected chi connectivity index (χ4v) is 8.93. The maximum atomic E-state index is 6.48. The number of hydrogen-bond donors (Lipinski definition) is 0. The topological polar surface area (TPSA) is 29.3 Å². The molecule has 3 nitrogen and oxygen atoms in total. The lowest BCUT2D eigenvalue weighted by Gasteiger charge is -2.27. The molecule has 10 aromatic rings. The Morgan fingerprint density at radius 2 is 0.978 bits per heavy atom. The summed E-state index contributed by atoms with van der Waals surface area (Å²) in [5.74, 6) is 0.627. The number of rotatable bonds is 4. The zero-order chi connectivity index (χ0) is 30.2. The lowest BCUT2D eigenvalue weighted by Crippen LogP contribution is -2.10. The number of thiophene rings is 2. The maximum absolute atomic E-state index is 6.48. The van der Waals surface area contributed by atoms with Crippen LogP contribution in [0.25, 0.3) is 73.7 Å². The summed E-state index contributed by atoms with van der Waals surface area (Å²) in [5.41, 5.74) is 5.87. The Morgan fingerprint density at radius 1 is 0.457 bits per heavy atom. The number of oxazole rings is 1. The Labute approximate surface area is 272 Å². The van der Waals surface area contributed by atoms with Crippen LogP contribution in [-0.4, -0.2) is 4.98 Å². The van der Waals surface area contributed by atoms with E-state index in [1.54, 1.807) is 0 Å². The van der Waals surface area contributed by atoms with Crippen LogP contribution in [0.4, 0.5) is 17.1 Å². The van der Waals surface area contributed by atoms with Crippen molar-refractivity contribution in [3.8, 4) is 11.5 Å². The van der Waals surface area contributed by atoms with Gasteiger partial charge >= 0.3 is 0 Å². The van der Waals surface area contributed by atoms with E-state index in [1.807, 2.05) is 53.0 Å². The highest BCUT2D eigenvalue weighted by Gasteiger charge is 2.22. The van der Waals surface area contributed by atoms with Crippen molar-refractivity contribution in [3.63, 3.8) is 0 Å². The summed E-state index contributed by atoms with van der Waals surface area (Å²) in [4.78, 5) is 7.44. The van der Waals surface area contributed by atoms with E-state index in [2.05, 4.69) is 120 Å². The van der Waals surface area contributed by atoms with Gasteiger partial charge in [-0.25, -0.2) is 4.98 Å². The molecule has 0 unspecified atom stereocenters. The highest BCUT2D eigenvalue weighted by Crippen LogP contribution is 2.46. The summed E-state index contributed by atoms with van der Waals surface area (Å²) in [6.07, 6.45) is 0. The lowest BCUT2D eigenvalue weighted by atomic mass is 10.0. The van der Waals surface area contributed by atoms with Crippen LogP contribution in [0, 0.1) is 0 Å². The van der Waals surface area contributed by atoms with Crippen molar-refractivity contribution in [3.05, 3.63) is 146 Å². The van der Waals surface area contributed by atoms with Gasteiger partial charge in [-0.15, -0.1) is 22.7 Å². The molecule has 216 valence electrons. The lowest BCUT2D eigenvalue weighted by molar-refractivity contribution is 0.623. The van der Waals surface area contributed by atoms with Gasteiger partial charge in [-0.3, -0.25) is 0 Å².